The average Bonchev–Trinajstić information content (AvgIpc) is 2.06. The number of nitroso groups, excluding NO2 is 1. The highest BCUT2D eigenvalue weighted by Crippen LogP contribution is 2.10. The van der Waals surface area contributed by atoms with E-state index in [0.29, 0.717) is 11.3 Å². The molecule has 4 nitrogen and oxygen atoms in total. The summed E-state index contributed by atoms with van der Waals surface area (Å²) in [6.45, 7) is 0. The van der Waals surface area contributed by atoms with Gasteiger partial charge in [-0.1, -0.05) is 0 Å². The van der Waals surface area contributed by atoms with E-state index in [9.17, 15) is 9.70 Å². The van der Waals surface area contributed by atoms with Gasteiger partial charge in [0.15, 0.2) is 0 Å². The van der Waals surface area contributed by atoms with Crippen molar-refractivity contribution in [1.29, 1.82) is 0 Å². The zero-order chi connectivity index (χ0) is 8.97. The standard InChI is InChI=1S/C7H5ClN2O2/c8-7(11)5-1-3-6(4-2-5)9-10-12/h1-4H,(H,9,12). The third kappa shape index (κ3) is 2.03. The lowest BCUT2D eigenvalue weighted by Gasteiger charge is -1.96. The van der Waals surface area contributed by atoms with Crippen LogP contribution in [0.5, 0.6) is 0 Å². The number of anilines is 1. The minimum absolute atomic E-state index is 0.383. The monoisotopic (exact) mass is 184 g/mol. The first kappa shape index (κ1) is 8.67. The number of benzene rings is 1. The van der Waals surface area contributed by atoms with Gasteiger partial charge in [-0.05, 0) is 35.9 Å². The third-order valence-corrected chi connectivity index (χ3v) is 1.50. The number of carbonyl (C=O) groups is 1. The molecule has 62 valence electrons. The fourth-order valence-electron chi connectivity index (χ4n) is 0.729. The largest absolute Gasteiger partial charge is 0.276 e. The molecule has 0 spiro atoms. The van der Waals surface area contributed by atoms with Crippen LogP contribution < -0.4 is 5.43 Å². The molecule has 0 saturated carbocycles. The summed E-state index contributed by atoms with van der Waals surface area (Å²) in [6, 6.07) is 6.08. The van der Waals surface area contributed by atoms with E-state index in [1.807, 2.05) is 0 Å². The van der Waals surface area contributed by atoms with Crippen LogP contribution in [-0.4, -0.2) is 5.24 Å². The molecule has 0 saturated heterocycles. The van der Waals surface area contributed by atoms with Crippen LogP contribution >= 0.6 is 11.6 Å². The second kappa shape index (κ2) is 3.82. The lowest BCUT2D eigenvalue weighted by atomic mass is 10.2. The van der Waals surface area contributed by atoms with Gasteiger partial charge in [0.1, 0.15) is 0 Å². The van der Waals surface area contributed by atoms with E-state index < -0.39 is 5.24 Å². The van der Waals surface area contributed by atoms with Gasteiger partial charge < -0.3 is 0 Å². The predicted octanol–water partition coefficient (Wildman–Crippen LogP) is 2.16. The van der Waals surface area contributed by atoms with Gasteiger partial charge in [-0.15, -0.1) is 4.91 Å². The maximum atomic E-state index is 10.6. The van der Waals surface area contributed by atoms with Crippen LogP contribution in [-0.2, 0) is 0 Å². The Kier molecular flexibility index (Phi) is 2.76. The highest BCUT2D eigenvalue weighted by atomic mass is 35.5. The summed E-state index contributed by atoms with van der Waals surface area (Å²) in [5, 5.41) is 1.94. The fourth-order valence-corrected chi connectivity index (χ4v) is 0.854. The summed E-state index contributed by atoms with van der Waals surface area (Å²) in [5.74, 6) is 0. The lowest BCUT2D eigenvalue weighted by molar-refractivity contribution is 0.108. The third-order valence-electron chi connectivity index (χ3n) is 1.29. The van der Waals surface area contributed by atoms with Gasteiger partial charge in [0, 0.05) is 5.56 Å². The van der Waals surface area contributed by atoms with E-state index in [1.165, 1.54) is 24.3 Å². The number of hydrogen-bond donors (Lipinski definition) is 1. The van der Waals surface area contributed by atoms with Crippen LogP contribution in [0.1, 0.15) is 10.4 Å². The van der Waals surface area contributed by atoms with E-state index in [2.05, 4.69) is 10.7 Å². The molecule has 0 aliphatic rings. The Morgan fingerprint density at radius 2 is 1.92 bits per heavy atom. The van der Waals surface area contributed by atoms with Crippen LogP contribution in [0.25, 0.3) is 0 Å². The van der Waals surface area contributed by atoms with Gasteiger partial charge in [0.05, 0.1) is 11.0 Å². The first-order valence-corrected chi connectivity index (χ1v) is 3.50. The molecule has 1 aromatic rings. The molecule has 0 unspecified atom stereocenters. The summed E-state index contributed by atoms with van der Waals surface area (Å²) < 4.78 is 0. The van der Waals surface area contributed by atoms with Crippen molar-refractivity contribution in [2.45, 2.75) is 0 Å². The van der Waals surface area contributed by atoms with Crippen molar-refractivity contribution in [2.24, 2.45) is 5.29 Å². The summed E-state index contributed by atoms with van der Waals surface area (Å²) in [6.07, 6.45) is 0. The summed E-state index contributed by atoms with van der Waals surface area (Å²) in [7, 11) is 0. The van der Waals surface area contributed by atoms with Crippen LogP contribution in [0.4, 0.5) is 5.69 Å². The summed E-state index contributed by atoms with van der Waals surface area (Å²) in [5.41, 5.74) is 3.09. The fraction of sp³-hybridized carbons (Fsp3) is 0. The number of nitrogens with one attached hydrogen (secondary N) is 1. The number of halogens is 1. The van der Waals surface area contributed by atoms with E-state index in [4.69, 9.17) is 11.6 Å². The predicted molar refractivity (Wildman–Crippen MR) is 46.0 cm³/mol. The first-order valence-electron chi connectivity index (χ1n) is 3.12. The molecule has 0 atom stereocenters. The highest BCUT2D eigenvalue weighted by molar-refractivity contribution is 6.67. The van der Waals surface area contributed by atoms with Gasteiger partial charge in [-0.25, -0.2) is 5.43 Å². The Balaban J connectivity index is 2.85. The minimum atomic E-state index is -0.527. The zero-order valence-electron chi connectivity index (χ0n) is 5.95. The number of carbonyl (C=O) groups excluding carboxylic acids is 1. The van der Waals surface area contributed by atoms with Gasteiger partial charge in [0.2, 0.25) is 0 Å². The maximum absolute atomic E-state index is 10.6. The van der Waals surface area contributed by atoms with Crippen LogP contribution in [0.15, 0.2) is 29.6 Å². The van der Waals surface area contributed by atoms with Crippen molar-refractivity contribution >= 4 is 22.5 Å². The molecular formula is C7H5ClN2O2. The van der Waals surface area contributed by atoms with Crippen molar-refractivity contribution < 1.29 is 4.79 Å². The number of rotatable bonds is 3. The van der Waals surface area contributed by atoms with Gasteiger partial charge >= 0.3 is 0 Å². The Morgan fingerprint density at radius 3 is 2.33 bits per heavy atom. The van der Waals surface area contributed by atoms with Crippen LogP contribution in [0.2, 0.25) is 0 Å². The van der Waals surface area contributed by atoms with Crippen molar-refractivity contribution in [3.8, 4) is 0 Å². The Bertz CT molecular complexity index is 297. The molecule has 0 amide bonds. The van der Waals surface area contributed by atoms with E-state index >= 15 is 0 Å². The molecule has 12 heavy (non-hydrogen) atoms. The molecular weight excluding hydrogens is 180 g/mol. The number of hydrogen-bond acceptors (Lipinski definition) is 3. The molecule has 0 aliphatic heterocycles. The van der Waals surface area contributed by atoms with Gasteiger partial charge in [-0.2, -0.15) is 0 Å². The molecule has 0 radical (unpaired) electrons. The van der Waals surface area contributed by atoms with Gasteiger partial charge in [0.25, 0.3) is 5.24 Å². The summed E-state index contributed by atoms with van der Waals surface area (Å²) >= 11 is 5.19. The quantitative estimate of drug-likeness (QED) is 0.445. The molecule has 5 heteroatoms. The first-order chi connectivity index (χ1) is 5.74. The Morgan fingerprint density at radius 1 is 1.33 bits per heavy atom. The number of nitrogens with zero attached hydrogens (tertiary/aromatic N) is 1. The molecule has 1 aromatic carbocycles. The molecule has 0 heterocycles. The second-order valence-corrected chi connectivity index (χ2v) is 2.40. The van der Waals surface area contributed by atoms with Crippen LogP contribution in [0, 0.1) is 4.91 Å². The zero-order valence-corrected chi connectivity index (χ0v) is 6.71. The van der Waals surface area contributed by atoms with E-state index in [-0.39, 0.29) is 0 Å². The topological polar surface area (TPSA) is 58.5 Å². The normalized spacial score (nSPS) is 9.08. The Labute approximate surface area is 73.5 Å². The SMILES string of the molecule is O=NNc1ccc(C(=O)Cl)cc1. The molecule has 0 aromatic heterocycles. The smallest absolute Gasteiger partial charge is 0.252 e. The van der Waals surface area contributed by atoms with Crippen LogP contribution in [0.3, 0.4) is 0 Å². The second-order valence-electron chi connectivity index (χ2n) is 2.05. The van der Waals surface area contributed by atoms with E-state index in [1.54, 1.807) is 0 Å². The van der Waals surface area contributed by atoms with Crippen molar-refractivity contribution in [2.75, 3.05) is 5.43 Å². The highest BCUT2D eigenvalue weighted by Gasteiger charge is 1.99. The van der Waals surface area contributed by atoms with Crippen molar-refractivity contribution in [3.05, 3.63) is 34.7 Å². The van der Waals surface area contributed by atoms with Crippen molar-refractivity contribution in [3.63, 3.8) is 0 Å². The van der Waals surface area contributed by atoms with Crippen molar-refractivity contribution in [1.82, 2.24) is 0 Å². The Hall–Kier alpha value is -1.42. The molecule has 1 N–H and O–H groups in total. The molecule has 0 bridgehead atoms. The van der Waals surface area contributed by atoms with Gasteiger partial charge in [-0.3, -0.25) is 4.79 Å². The summed E-state index contributed by atoms with van der Waals surface area (Å²) in [4.78, 5) is 20.3. The maximum Gasteiger partial charge on any atom is 0.252 e. The molecule has 0 fully saturated rings. The lowest BCUT2D eigenvalue weighted by Crippen LogP contribution is -1.90. The minimum Gasteiger partial charge on any atom is -0.276 e. The molecule has 0 aliphatic carbocycles. The molecule has 1 rings (SSSR count). The average molecular weight is 185 g/mol. The van der Waals surface area contributed by atoms with E-state index in [0.717, 1.165) is 0 Å².